The van der Waals surface area contributed by atoms with Crippen LogP contribution in [0, 0.1) is 0 Å². The highest BCUT2D eigenvalue weighted by Gasteiger charge is 2.35. The Hall–Kier alpha value is -1.80. The molecule has 0 spiro atoms. The molecule has 1 heterocycles. The highest BCUT2D eigenvalue weighted by molar-refractivity contribution is 6.30. The molecule has 3 heteroatoms. The lowest BCUT2D eigenvalue weighted by Crippen LogP contribution is -2.33. The molecule has 1 unspecified atom stereocenters. The van der Waals surface area contributed by atoms with Gasteiger partial charge in [-0.1, -0.05) is 54.1 Å². The Labute approximate surface area is 111 Å². The molecule has 0 bridgehead atoms. The Bertz CT molecular complexity index is 563. The van der Waals surface area contributed by atoms with E-state index in [0.29, 0.717) is 0 Å². The van der Waals surface area contributed by atoms with Gasteiger partial charge in [0.2, 0.25) is 0 Å². The SMILES string of the molecule is Clc1ccc(C2(c3ccccc3)C=NNC2)cc1. The number of rotatable bonds is 2. The van der Waals surface area contributed by atoms with Crippen LogP contribution in [0.25, 0.3) is 0 Å². The van der Waals surface area contributed by atoms with Crippen molar-refractivity contribution in [2.24, 2.45) is 5.10 Å². The van der Waals surface area contributed by atoms with Crippen molar-refractivity contribution in [3.63, 3.8) is 0 Å². The zero-order valence-electron chi connectivity index (χ0n) is 9.81. The predicted octanol–water partition coefficient (Wildman–Crippen LogP) is 3.22. The lowest BCUT2D eigenvalue weighted by molar-refractivity contribution is 0.656. The normalized spacial score (nSPS) is 21.8. The summed E-state index contributed by atoms with van der Waals surface area (Å²) in [4.78, 5) is 0. The fourth-order valence-electron chi connectivity index (χ4n) is 2.37. The molecule has 0 amide bonds. The molecule has 3 rings (SSSR count). The molecule has 1 aliphatic rings. The van der Waals surface area contributed by atoms with Crippen LogP contribution in [0.1, 0.15) is 11.1 Å². The molecule has 18 heavy (non-hydrogen) atoms. The summed E-state index contributed by atoms with van der Waals surface area (Å²) in [5, 5.41) is 4.96. The topological polar surface area (TPSA) is 24.4 Å². The Morgan fingerprint density at radius 2 is 1.61 bits per heavy atom. The monoisotopic (exact) mass is 256 g/mol. The maximum absolute atomic E-state index is 5.96. The predicted molar refractivity (Wildman–Crippen MR) is 75.2 cm³/mol. The standard InChI is InChI=1S/C15H13ClN2/c16-14-8-6-13(7-9-14)15(10-17-18-11-15)12-4-2-1-3-5-12/h1-10,18H,11H2. The number of nitrogens with one attached hydrogen (secondary N) is 1. The molecule has 2 aromatic carbocycles. The van der Waals surface area contributed by atoms with E-state index in [1.807, 2.05) is 24.4 Å². The van der Waals surface area contributed by atoms with E-state index in [4.69, 9.17) is 11.6 Å². The number of halogens is 1. The molecule has 1 aliphatic heterocycles. The lowest BCUT2D eigenvalue weighted by Gasteiger charge is -2.26. The van der Waals surface area contributed by atoms with Gasteiger partial charge in [-0.2, -0.15) is 5.10 Å². The van der Waals surface area contributed by atoms with Crippen molar-refractivity contribution in [1.29, 1.82) is 0 Å². The number of hydrogen-bond acceptors (Lipinski definition) is 2. The summed E-state index contributed by atoms with van der Waals surface area (Å²) in [5.74, 6) is 0. The van der Waals surface area contributed by atoms with Gasteiger partial charge in [-0.3, -0.25) is 0 Å². The largest absolute Gasteiger partial charge is 0.309 e. The number of nitrogens with zero attached hydrogens (tertiary/aromatic N) is 1. The molecule has 0 aliphatic carbocycles. The fraction of sp³-hybridized carbons (Fsp3) is 0.133. The van der Waals surface area contributed by atoms with Gasteiger partial charge in [-0.05, 0) is 23.3 Å². The Morgan fingerprint density at radius 3 is 2.22 bits per heavy atom. The lowest BCUT2D eigenvalue weighted by atomic mass is 9.76. The van der Waals surface area contributed by atoms with E-state index in [9.17, 15) is 0 Å². The molecule has 0 saturated carbocycles. The molecular weight excluding hydrogens is 244 g/mol. The maximum Gasteiger partial charge on any atom is 0.0761 e. The summed E-state index contributed by atoms with van der Waals surface area (Å²) < 4.78 is 0. The third-order valence-electron chi connectivity index (χ3n) is 3.38. The van der Waals surface area contributed by atoms with Gasteiger partial charge in [-0.25, -0.2) is 0 Å². The highest BCUT2D eigenvalue weighted by Crippen LogP contribution is 2.32. The summed E-state index contributed by atoms with van der Waals surface area (Å²) in [6.45, 7) is 0.776. The quantitative estimate of drug-likeness (QED) is 0.877. The van der Waals surface area contributed by atoms with Gasteiger partial charge in [0.15, 0.2) is 0 Å². The van der Waals surface area contributed by atoms with E-state index in [0.717, 1.165) is 11.6 Å². The zero-order valence-corrected chi connectivity index (χ0v) is 10.6. The number of hydrogen-bond donors (Lipinski definition) is 1. The minimum Gasteiger partial charge on any atom is -0.309 e. The summed E-state index contributed by atoms with van der Waals surface area (Å²) in [6.07, 6.45) is 1.98. The third kappa shape index (κ3) is 1.79. The zero-order chi connectivity index (χ0) is 12.4. The van der Waals surface area contributed by atoms with Crippen molar-refractivity contribution < 1.29 is 0 Å². The summed E-state index contributed by atoms with van der Waals surface area (Å²) >= 11 is 5.96. The molecule has 90 valence electrons. The minimum atomic E-state index is -0.189. The molecule has 1 N–H and O–H groups in total. The van der Waals surface area contributed by atoms with Crippen molar-refractivity contribution in [3.8, 4) is 0 Å². The van der Waals surface area contributed by atoms with Crippen LogP contribution in [0.4, 0.5) is 0 Å². The van der Waals surface area contributed by atoms with Crippen LogP contribution in [0.3, 0.4) is 0 Å². The van der Waals surface area contributed by atoms with Crippen molar-refractivity contribution in [2.75, 3.05) is 6.54 Å². The second kappa shape index (κ2) is 4.46. The van der Waals surface area contributed by atoms with E-state index in [2.05, 4.69) is 46.9 Å². The Morgan fingerprint density at radius 1 is 0.944 bits per heavy atom. The summed E-state index contributed by atoms with van der Waals surface area (Å²) in [6, 6.07) is 18.4. The molecule has 2 aromatic rings. The molecule has 0 aromatic heterocycles. The molecule has 0 radical (unpaired) electrons. The van der Waals surface area contributed by atoms with Crippen LogP contribution in [-0.2, 0) is 5.41 Å². The van der Waals surface area contributed by atoms with Gasteiger partial charge >= 0.3 is 0 Å². The second-order valence-electron chi connectivity index (χ2n) is 4.44. The van der Waals surface area contributed by atoms with Crippen LogP contribution in [0.5, 0.6) is 0 Å². The molecule has 0 fully saturated rings. The first kappa shape index (κ1) is 11.3. The van der Waals surface area contributed by atoms with Gasteiger partial charge in [0.25, 0.3) is 0 Å². The summed E-state index contributed by atoms with van der Waals surface area (Å²) in [7, 11) is 0. The first-order valence-corrected chi connectivity index (χ1v) is 6.28. The molecular formula is C15H13ClN2. The number of benzene rings is 2. The maximum atomic E-state index is 5.96. The molecule has 0 saturated heterocycles. The molecule has 1 atom stereocenters. The summed E-state index contributed by atoms with van der Waals surface area (Å²) in [5.41, 5.74) is 5.31. The highest BCUT2D eigenvalue weighted by atomic mass is 35.5. The first-order chi connectivity index (χ1) is 8.81. The van der Waals surface area contributed by atoms with Crippen molar-refractivity contribution >= 4 is 17.8 Å². The van der Waals surface area contributed by atoms with E-state index in [1.165, 1.54) is 11.1 Å². The van der Waals surface area contributed by atoms with E-state index in [-0.39, 0.29) is 5.41 Å². The van der Waals surface area contributed by atoms with Gasteiger partial charge < -0.3 is 5.43 Å². The fourth-order valence-corrected chi connectivity index (χ4v) is 2.50. The smallest absolute Gasteiger partial charge is 0.0761 e. The van der Waals surface area contributed by atoms with E-state index in [1.54, 1.807) is 0 Å². The Kier molecular flexibility index (Phi) is 2.80. The van der Waals surface area contributed by atoms with Crippen LogP contribution in [0.15, 0.2) is 59.7 Å². The van der Waals surface area contributed by atoms with Crippen LogP contribution < -0.4 is 5.43 Å². The van der Waals surface area contributed by atoms with Gasteiger partial charge in [0, 0.05) is 11.2 Å². The van der Waals surface area contributed by atoms with Crippen molar-refractivity contribution in [3.05, 3.63) is 70.7 Å². The molecule has 2 nitrogen and oxygen atoms in total. The average Bonchev–Trinajstić information content (AvgIpc) is 2.91. The number of hydrazone groups is 1. The van der Waals surface area contributed by atoms with Gasteiger partial charge in [0.05, 0.1) is 12.0 Å². The van der Waals surface area contributed by atoms with Crippen LogP contribution >= 0.6 is 11.6 Å². The Balaban J connectivity index is 2.13. The van der Waals surface area contributed by atoms with Crippen LogP contribution in [0.2, 0.25) is 5.02 Å². The third-order valence-corrected chi connectivity index (χ3v) is 3.63. The van der Waals surface area contributed by atoms with Gasteiger partial charge in [0.1, 0.15) is 0 Å². The van der Waals surface area contributed by atoms with E-state index < -0.39 is 0 Å². The van der Waals surface area contributed by atoms with E-state index >= 15 is 0 Å². The van der Waals surface area contributed by atoms with Crippen molar-refractivity contribution in [2.45, 2.75) is 5.41 Å². The average molecular weight is 257 g/mol. The van der Waals surface area contributed by atoms with Crippen molar-refractivity contribution in [1.82, 2.24) is 5.43 Å². The minimum absolute atomic E-state index is 0.189. The first-order valence-electron chi connectivity index (χ1n) is 5.90. The van der Waals surface area contributed by atoms with Crippen LogP contribution in [-0.4, -0.2) is 12.8 Å². The van der Waals surface area contributed by atoms with Gasteiger partial charge in [-0.15, -0.1) is 0 Å². The second-order valence-corrected chi connectivity index (χ2v) is 4.87.